The Hall–Kier alpha value is -2.84. The van der Waals surface area contributed by atoms with Crippen molar-refractivity contribution < 1.29 is 18.9 Å². The van der Waals surface area contributed by atoms with E-state index in [0.29, 0.717) is 5.69 Å². The number of amides is 2. The lowest BCUT2D eigenvalue weighted by molar-refractivity contribution is -0.915. The zero-order valence-corrected chi connectivity index (χ0v) is 16.5. The molecule has 0 aliphatic carbocycles. The van der Waals surface area contributed by atoms with Gasteiger partial charge in [-0.25, -0.2) is 14.3 Å². The summed E-state index contributed by atoms with van der Waals surface area (Å²) in [5, 5.41) is 1.00. The molecule has 1 N–H and O–H groups in total. The Balaban J connectivity index is 1.28. The molecule has 2 aliphatic heterocycles. The number of para-hydroxylation sites is 1. The lowest BCUT2D eigenvalue weighted by atomic mass is 10.2. The van der Waals surface area contributed by atoms with Gasteiger partial charge in [-0.2, -0.15) is 0 Å². The van der Waals surface area contributed by atoms with Crippen molar-refractivity contribution >= 4 is 44.2 Å². The Morgan fingerprint density at radius 1 is 1.07 bits per heavy atom. The minimum Gasteiger partial charge on any atom is -0.337 e. The van der Waals surface area contributed by atoms with Gasteiger partial charge in [0.25, 0.3) is 5.91 Å². The van der Waals surface area contributed by atoms with Crippen LogP contribution in [0.15, 0.2) is 48.5 Å². The normalized spacial score (nSPS) is 20.8. The highest BCUT2D eigenvalue weighted by Crippen LogP contribution is 2.28. The van der Waals surface area contributed by atoms with Gasteiger partial charge in [0.1, 0.15) is 5.82 Å². The van der Waals surface area contributed by atoms with E-state index in [2.05, 4.69) is 11.0 Å². The predicted molar refractivity (Wildman–Crippen MR) is 110 cm³/mol. The number of carbonyl (C=O) groups excluding carboxylic acids is 2. The van der Waals surface area contributed by atoms with E-state index in [0.717, 1.165) is 46.6 Å². The van der Waals surface area contributed by atoms with E-state index < -0.39 is 11.9 Å². The van der Waals surface area contributed by atoms with Gasteiger partial charge in [-0.3, -0.25) is 9.59 Å². The molecule has 1 atom stereocenters. The third kappa shape index (κ3) is 3.28. The maximum Gasteiger partial charge on any atom is 0.292 e. The maximum atomic E-state index is 13.5. The molecule has 0 radical (unpaired) electrons. The van der Waals surface area contributed by atoms with Crippen molar-refractivity contribution in [1.29, 1.82) is 0 Å². The van der Waals surface area contributed by atoms with Crippen molar-refractivity contribution in [1.82, 2.24) is 4.98 Å². The number of aromatic nitrogens is 1. The van der Waals surface area contributed by atoms with E-state index in [1.54, 1.807) is 17.4 Å². The molecule has 0 spiro atoms. The van der Waals surface area contributed by atoms with Crippen LogP contribution in [0.1, 0.15) is 6.42 Å². The van der Waals surface area contributed by atoms with Gasteiger partial charge < -0.3 is 9.80 Å². The number of imide groups is 1. The van der Waals surface area contributed by atoms with Gasteiger partial charge in [0, 0.05) is 0 Å². The van der Waals surface area contributed by atoms with Crippen molar-refractivity contribution in [2.75, 3.05) is 36.0 Å². The van der Waals surface area contributed by atoms with Crippen molar-refractivity contribution in [2.45, 2.75) is 12.5 Å². The molecule has 0 bridgehead atoms. The summed E-state index contributed by atoms with van der Waals surface area (Å²) in [6.45, 7) is 3.09. The smallest absolute Gasteiger partial charge is 0.292 e. The van der Waals surface area contributed by atoms with Crippen LogP contribution in [0.5, 0.6) is 0 Å². The number of nitrogens with one attached hydrogen (secondary N) is 1. The Bertz CT molecular complexity index is 1060. The fourth-order valence-electron chi connectivity index (χ4n) is 4.17. The molecule has 2 aliphatic rings. The third-order valence-electron chi connectivity index (χ3n) is 5.66. The monoisotopic (exact) mass is 411 g/mol. The van der Waals surface area contributed by atoms with Crippen molar-refractivity contribution in [3.8, 4) is 0 Å². The van der Waals surface area contributed by atoms with E-state index in [1.807, 2.05) is 18.2 Å². The van der Waals surface area contributed by atoms with Crippen LogP contribution < -0.4 is 14.7 Å². The largest absolute Gasteiger partial charge is 0.337 e. The Morgan fingerprint density at radius 2 is 1.86 bits per heavy atom. The second-order valence-corrected chi connectivity index (χ2v) is 8.42. The highest BCUT2D eigenvalue weighted by Gasteiger charge is 2.46. The fourth-order valence-corrected chi connectivity index (χ4v) is 5.18. The van der Waals surface area contributed by atoms with Gasteiger partial charge in [0.15, 0.2) is 11.2 Å². The van der Waals surface area contributed by atoms with Crippen LogP contribution in [0.4, 0.5) is 15.2 Å². The number of thiazole rings is 1. The molecule has 8 heteroatoms. The Morgan fingerprint density at radius 3 is 2.62 bits per heavy atom. The van der Waals surface area contributed by atoms with E-state index in [-0.39, 0.29) is 18.2 Å². The average molecular weight is 411 g/mol. The van der Waals surface area contributed by atoms with E-state index in [9.17, 15) is 14.0 Å². The standard InChI is InChI=1S/C21H19FN4O2S/c22-14-4-3-5-15(12-14)26-19(27)13-17(20(26)28)24-8-10-25(11-9-24)21-23-16-6-1-2-7-18(16)29-21/h1-7,12,17H,8-11,13H2/p+1/t17-/m0/s1. The van der Waals surface area contributed by atoms with Crippen molar-refractivity contribution in [3.05, 3.63) is 54.3 Å². The molecule has 3 aromatic rings. The second-order valence-electron chi connectivity index (χ2n) is 7.41. The van der Waals surface area contributed by atoms with Crippen LogP contribution >= 0.6 is 11.3 Å². The topological polar surface area (TPSA) is 58.0 Å². The highest BCUT2D eigenvalue weighted by molar-refractivity contribution is 7.22. The minimum absolute atomic E-state index is 0.172. The first-order chi connectivity index (χ1) is 14.1. The molecular formula is C21H20FN4O2S+. The van der Waals surface area contributed by atoms with E-state index >= 15 is 0 Å². The lowest BCUT2D eigenvalue weighted by Gasteiger charge is -2.34. The number of rotatable bonds is 3. The zero-order valence-electron chi connectivity index (χ0n) is 15.7. The molecule has 0 saturated carbocycles. The number of hydrogen-bond acceptors (Lipinski definition) is 5. The van der Waals surface area contributed by atoms with Crippen LogP contribution in [0.2, 0.25) is 0 Å². The number of halogens is 1. The molecule has 5 rings (SSSR count). The van der Waals surface area contributed by atoms with Gasteiger partial charge >= 0.3 is 0 Å². The number of carbonyl (C=O) groups is 2. The van der Waals surface area contributed by atoms with Crippen LogP contribution in [-0.4, -0.2) is 49.0 Å². The summed E-state index contributed by atoms with van der Waals surface area (Å²) < 4.78 is 14.7. The molecule has 2 amide bonds. The first-order valence-corrected chi connectivity index (χ1v) is 10.5. The summed E-state index contributed by atoms with van der Waals surface area (Å²) in [5.74, 6) is -0.945. The Kier molecular flexibility index (Phi) is 4.52. The van der Waals surface area contributed by atoms with Gasteiger partial charge in [-0.15, -0.1) is 0 Å². The maximum absolute atomic E-state index is 13.5. The van der Waals surface area contributed by atoms with Crippen LogP contribution in [-0.2, 0) is 9.59 Å². The fraction of sp³-hybridized carbons (Fsp3) is 0.286. The van der Waals surface area contributed by atoms with Gasteiger partial charge in [-0.05, 0) is 30.3 Å². The number of quaternary nitrogens is 1. The number of hydrogen-bond donors (Lipinski definition) is 1. The summed E-state index contributed by atoms with van der Waals surface area (Å²) >= 11 is 1.68. The van der Waals surface area contributed by atoms with Crippen molar-refractivity contribution in [3.63, 3.8) is 0 Å². The first kappa shape index (κ1) is 18.2. The van der Waals surface area contributed by atoms with Gasteiger partial charge in [0.05, 0.1) is 48.5 Å². The molecule has 29 heavy (non-hydrogen) atoms. The van der Waals surface area contributed by atoms with E-state index in [1.165, 1.54) is 22.9 Å². The molecule has 2 aromatic carbocycles. The first-order valence-electron chi connectivity index (χ1n) is 9.67. The third-order valence-corrected chi connectivity index (χ3v) is 6.76. The quantitative estimate of drug-likeness (QED) is 0.664. The molecule has 6 nitrogen and oxygen atoms in total. The molecule has 3 heterocycles. The molecule has 148 valence electrons. The summed E-state index contributed by atoms with van der Waals surface area (Å²) in [7, 11) is 0. The molecule has 2 saturated heterocycles. The molecular weight excluding hydrogens is 391 g/mol. The summed E-state index contributed by atoms with van der Waals surface area (Å²) in [6, 6.07) is 13.3. The SMILES string of the molecule is O=C1C[C@H]([NH+]2CCN(c3nc4ccccc4s3)CC2)C(=O)N1c1cccc(F)c1. The minimum atomic E-state index is -0.455. The number of anilines is 2. The Labute approximate surface area is 171 Å². The second kappa shape index (κ2) is 7.20. The predicted octanol–water partition coefficient (Wildman–Crippen LogP) is 1.47. The molecule has 0 unspecified atom stereocenters. The molecule has 1 aromatic heterocycles. The average Bonchev–Trinajstić information content (AvgIpc) is 3.29. The van der Waals surface area contributed by atoms with Crippen LogP contribution in [0.3, 0.4) is 0 Å². The number of piperazine rings is 1. The highest BCUT2D eigenvalue weighted by atomic mass is 32.1. The van der Waals surface area contributed by atoms with E-state index in [4.69, 9.17) is 4.98 Å². The lowest BCUT2D eigenvalue weighted by Crippen LogP contribution is -3.19. The number of benzene rings is 2. The van der Waals surface area contributed by atoms with Crippen LogP contribution in [0, 0.1) is 5.82 Å². The molecule has 2 fully saturated rings. The number of fused-ring (bicyclic) bond motifs is 1. The number of nitrogens with zero attached hydrogens (tertiary/aromatic N) is 3. The van der Waals surface area contributed by atoms with Gasteiger partial charge in [-0.1, -0.05) is 29.5 Å². The summed E-state index contributed by atoms with van der Waals surface area (Å²) in [4.78, 5) is 34.6. The van der Waals surface area contributed by atoms with Gasteiger partial charge in [0.2, 0.25) is 5.91 Å². The summed E-state index contributed by atoms with van der Waals surface area (Å²) in [6.07, 6.45) is 0.172. The zero-order chi connectivity index (χ0) is 20.0. The van der Waals surface area contributed by atoms with Crippen LogP contribution in [0.25, 0.3) is 10.2 Å². The summed E-state index contributed by atoms with van der Waals surface area (Å²) in [5.41, 5.74) is 1.32. The van der Waals surface area contributed by atoms with Crippen molar-refractivity contribution in [2.24, 2.45) is 0 Å².